The van der Waals surface area contributed by atoms with Crippen LogP contribution in [0.4, 0.5) is 9.18 Å². The van der Waals surface area contributed by atoms with Gasteiger partial charge >= 0.3 is 6.03 Å². The third-order valence-electron chi connectivity index (χ3n) is 2.33. The highest BCUT2D eigenvalue weighted by Gasteiger charge is 2.22. The number of amides is 3. The van der Waals surface area contributed by atoms with Gasteiger partial charge in [0.25, 0.3) is 5.91 Å². The second-order valence-electron chi connectivity index (χ2n) is 3.77. The van der Waals surface area contributed by atoms with Crippen molar-refractivity contribution in [1.29, 1.82) is 0 Å². The van der Waals surface area contributed by atoms with Crippen LogP contribution in [-0.4, -0.2) is 29.2 Å². The first-order valence-corrected chi connectivity index (χ1v) is 5.24. The van der Waals surface area contributed by atoms with Crippen molar-refractivity contribution in [3.63, 3.8) is 0 Å². The van der Waals surface area contributed by atoms with Gasteiger partial charge in [-0.15, -0.1) is 0 Å². The Labute approximate surface area is 102 Å². The number of benzene rings is 1. The van der Waals surface area contributed by atoms with Crippen molar-refractivity contribution < 1.29 is 14.0 Å². The van der Waals surface area contributed by atoms with Crippen molar-refractivity contribution >= 4 is 17.6 Å². The molecule has 7 heteroatoms. The van der Waals surface area contributed by atoms with Crippen molar-refractivity contribution in [1.82, 2.24) is 15.9 Å². The number of hydrazine groups is 1. The summed E-state index contributed by atoms with van der Waals surface area (Å²) in [6.07, 6.45) is 0. The molecule has 6 nitrogen and oxygen atoms in total. The lowest BCUT2D eigenvalue weighted by Gasteiger charge is -2.25. The summed E-state index contributed by atoms with van der Waals surface area (Å²) >= 11 is 0. The van der Waals surface area contributed by atoms with Crippen molar-refractivity contribution in [2.24, 2.45) is 5.10 Å². The molecule has 1 heterocycles. The minimum absolute atomic E-state index is 0.120. The average molecular weight is 250 g/mol. The Hall–Kier alpha value is -2.44. The lowest BCUT2D eigenvalue weighted by Crippen LogP contribution is -2.54. The van der Waals surface area contributed by atoms with E-state index in [1.807, 2.05) is 0 Å². The molecule has 3 amide bonds. The molecule has 2 rings (SSSR count). The smallest absolute Gasteiger partial charge is 0.267 e. The van der Waals surface area contributed by atoms with Gasteiger partial charge in [-0.3, -0.25) is 10.2 Å². The third kappa shape index (κ3) is 2.45. The molecule has 0 atom stereocenters. The molecule has 1 aliphatic heterocycles. The summed E-state index contributed by atoms with van der Waals surface area (Å²) in [4.78, 5) is 23.2. The standard InChI is InChI=1S/C11H11FN4O2/c1-7-6-16(11(18)14-13-7)15-10(17)8-4-2-3-5-9(8)12/h2-5H,6H2,1H3,(H,14,18)(H,15,17). The van der Waals surface area contributed by atoms with Gasteiger partial charge < -0.3 is 0 Å². The quantitative estimate of drug-likeness (QED) is 0.817. The van der Waals surface area contributed by atoms with Crippen LogP contribution in [0, 0.1) is 5.82 Å². The molecule has 1 aliphatic rings. The zero-order valence-corrected chi connectivity index (χ0v) is 9.61. The molecule has 1 aromatic carbocycles. The fourth-order valence-electron chi connectivity index (χ4n) is 1.46. The van der Waals surface area contributed by atoms with Crippen LogP contribution in [-0.2, 0) is 0 Å². The highest BCUT2D eigenvalue weighted by Crippen LogP contribution is 2.06. The van der Waals surface area contributed by atoms with E-state index in [2.05, 4.69) is 16.0 Å². The molecule has 0 bridgehead atoms. The molecule has 94 valence electrons. The van der Waals surface area contributed by atoms with E-state index in [4.69, 9.17) is 0 Å². The van der Waals surface area contributed by atoms with E-state index in [1.54, 1.807) is 13.0 Å². The summed E-state index contributed by atoms with van der Waals surface area (Å²) in [5, 5.41) is 4.75. The van der Waals surface area contributed by atoms with Crippen LogP contribution in [0.15, 0.2) is 29.4 Å². The van der Waals surface area contributed by atoms with Crippen molar-refractivity contribution in [2.75, 3.05) is 6.54 Å². The van der Waals surface area contributed by atoms with Crippen LogP contribution in [0.25, 0.3) is 0 Å². The number of rotatable bonds is 2. The SMILES string of the molecule is CC1=NNC(=O)N(NC(=O)c2ccccc2F)C1. The van der Waals surface area contributed by atoms with Crippen molar-refractivity contribution in [3.05, 3.63) is 35.6 Å². The monoisotopic (exact) mass is 250 g/mol. The van der Waals surface area contributed by atoms with Crippen LogP contribution in [0.3, 0.4) is 0 Å². The largest absolute Gasteiger partial charge is 0.356 e. The van der Waals surface area contributed by atoms with Gasteiger partial charge in [-0.05, 0) is 19.1 Å². The Morgan fingerprint density at radius 1 is 1.50 bits per heavy atom. The highest BCUT2D eigenvalue weighted by atomic mass is 19.1. The van der Waals surface area contributed by atoms with Crippen LogP contribution in [0.1, 0.15) is 17.3 Å². The molecule has 18 heavy (non-hydrogen) atoms. The number of urea groups is 1. The number of carbonyl (C=O) groups excluding carboxylic acids is 2. The van der Waals surface area contributed by atoms with Gasteiger partial charge in [0.2, 0.25) is 0 Å². The van der Waals surface area contributed by atoms with Crippen molar-refractivity contribution in [3.8, 4) is 0 Å². The van der Waals surface area contributed by atoms with Gasteiger partial charge in [0.05, 0.1) is 17.8 Å². The molecule has 0 aromatic heterocycles. The van der Waals surface area contributed by atoms with E-state index >= 15 is 0 Å². The fraction of sp³-hybridized carbons (Fsp3) is 0.182. The van der Waals surface area contributed by atoms with Crippen LogP contribution >= 0.6 is 0 Å². The predicted molar refractivity (Wildman–Crippen MR) is 62.2 cm³/mol. The first kappa shape index (κ1) is 12.0. The normalized spacial score (nSPS) is 14.9. The van der Waals surface area contributed by atoms with Gasteiger partial charge in [0.1, 0.15) is 5.82 Å². The summed E-state index contributed by atoms with van der Waals surface area (Å²) < 4.78 is 13.4. The van der Waals surface area contributed by atoms with Crippen LogP contribution < -0.4 is 10.9 Å². The Kier molecular flexibility index (Phi) is 3.22. The van der Waals surface area contributed by atoms with Gasteiger partial charge in [0, 0.05) is 0 Å². The number of carbonyl (C=O) groups is 2. The molecule has 0 saturated carbocycles. The zero-order valence-electron chi connectivity index (χ0n) is 9.61. The summed E-state index contributed by atoms with van der Waals surface area (Å²) in [6, 6.07) is 4.98. The Morgan fingerprint density at radius 2 is 2.22 bits per heavy atom. The van der Waals surface area contributed by atoms with Crippen molar-refractivity contribution in [2.45, 2.75) is 6.92 Å². The maximum Gasteiger partial charge on any atom is 0.356 e. The zero-order chi connectivity index (χ0) is 13.1. The van der Waals surface area contributed by atoms with E-state index in [-0.39, 0.29) is 12.1 Å². The molecule has 0 saturated heterocycles. The molecule has 2 N–H and O–H groups in total. The first-order valence-electron chi connectivity index (χ1n) is 5.24. The second kappa shape index (κ2) is 4.82. The summed E-state index contributed by atoms with van der Waals surface area (Å²) in [6.45, 7) is 1.85. The van der Waals surface area contributed by atoms with Crippen LogP contribution in [0.2, 0.25) is 0 Å². The molecule has 0 unspecified atom stereocenters. The van der Waals surface area contributed by atoms with E-state index < -0.39 is 17.8 Å². The average Bonchev–Trinajstić information content (AvgIpc) is 2.34. The maximum absolute atomic E-state index is 13.4. The maximum atomic E-state index is 13.4. The molecular formula is C11H11FN4O2. The van der Waals surface area contributed by atoms with Gasteiger partial charge in [0.15, 0.2) is 0 Å². The number of hydrogen-bond acceptors (Lipinski definition) is 3. The minimum Gasteiger partial charge on any atom is -0.267 e. The third-order valence-corrected chi connectivity index (χ3v) is 2.33. The lowest BCUT2D eigenvalue weighted by molar-refractivity contribution is 0.0835. The molecule has 1 aromatic rings. The van der Waals surface area contributed by atoms with E-state index in [0.717, 1.165) is 5.01 Å². The fourth-order valence-corrected chi connectivity index (χ4v) is 1.46. The molecule has 0 spiro atoms. The molecule has 0 fully saturated rings. The highest BCUT2D eigenvalue weighted by molar-refractivity contribution is 5.97. The Bertz CT molecular complexity index is 530. The van der Waals surface area contributed by atoms with Gasteiger partial charge in [-0.2, -0.15) is 5.10 Å². The number of nitrogens with one attached hydrogen (secondary N) is 2. The number of hydrogen-bond donors (Lipinski definition) is 2. The van der Waals surface area contributed by atoms with Gasteiger partial charge in [-0.1, -0.05) is 12.1 Å². The molecule has 0 radical (unpaired) electrons. The Balaban J connectivity index is 2.11. The Morgan fingerprint density at radius 3 is 2.94 bits per heavy atom. The topological polar surface area (TPSA) is 73.8 Å². The van der Waals surface area contributed by atoms with Gasteiger partial charge in [-0.25, -0.2) is 19.6 Å². The summed E-state index contributed by atoms with van der Waals surface area (Å²) in [7, 11) is 0. The van der Waals surface area contributed by atoms with E-state index in [0.29, 0.717) is 5.71 Å². The second-order valence-corrected chi connectivity index (χ2v) is 3.77. The predicted octanol–water partition coefficient (Wildman–Crippen LogP) is 0.872. The van der Waals surface area contributed by atoms with Crippen LogP contribution in [0.5, 0.6) is 0 Å². The molecular weight excluding hydrogens is 239 g/mol. The first-order chi connectivity index (χ1) is 8.58. The number of halogens is 1. The molecule has 0 aliphatic carbocycles. The van der Waals surface area contributed by atoms with E-state index in [1.165, 1.54) is 18.2 Å². The number of nitrogens with zero attached hydrogens (tertiary/aromatic N) is 2. The van der Waals surface area contributed by atoms with E-state index in [9.17, 15) is 14.0 Å². The minimum atomic E-state index is -0.682. The summed E-state index contributed by atoms with van der Waals surface area (Å²) in [5.74, 6) is -1.32. The number of hydrazone groups is 1. The lowest BCUT2D eigenvalue weighted by atomic mass is 10.2. The summed E-state index contributed by atoms with van der Waals surface area (Å²) in [5.41, 5.74) is 5.05.